The summed E-state index contributed by atoms with van der Waals surface area (Å²) in [4.78, 5) is 36.2. The molecule has 0 aromatic heterocycles. The average molecular weight is 306 g/mol. The summed E-state index contributed by atoms with van der Waals surface area (Å²) >= 11 is 0. The Morgan fingerprint density at radius 3 is 2.27 bits per heavy atom. The molecule has 0 spiro atoms. The second-order valence-corrected chi connectivity index (χ2v) is 4.87. The van der Waals surface area contributed by atoms with Crippen molar-refractivity contribution in [3.63, 3.8) is 0 Å². The molecule has 0 atom stereocenters. The van der Waals surface area contributed by atoms with Gasteiger partial charge in [-0.15, -0.1) is 0 Å². The smallest absolute Gasteiger partial charge is 0.337 e. The molecule has 1 aromatic rings. The number of esters is 1. The Kier molecular flexibility index (Phi) is 7.08. The van der Waals surface area contributed by atoms with Crippen LogP contribution in [0.15, 0.2) is 24.3 Å². The van der Waals surface area contributed by atoms with Gasteiger partial charge in [0.05, 0.1) is 12.7 Å². The van der Waals surface area contributed by atoms with Crippen LogP contribution < -0.4 is 5.32 Å². The number of hydrogen-bond acceptors (Lipinski definition) is 4. The topological polar surface area (TPSA) is 75.7 Å². The SMILES string of the molecule is CCCN(CCC(=O)Nc1ccc(C(=O)OC)cc1)C(C)=O. The Balaban J connectivity index is 2.51. The molecule has 0 fully saturated rings. The zero-order chi connectivity index (χ0) is 16.5. The summed E-state index contributed by atoms with van der Waals surface area (Å²) in [5, 5.41) is 2.73. The second kappa shape index (κ2) is 8.81. The Morgan fingerprint density at radius 2 is 1.77 bits per heavy atom. The summed E-state index contributed by atoms with van der Waals surface area (Å²) in [7, 11) is 1.31. The van der Waals surface area contributed by atoms with Gasteiger partial charge in [-0.1, -0.05) is 6.92 Å². The number of benzene rings is 1. The van der Waals surface area contributed by atoms with Crippen LogP contribution in [0, 0.1) is 0 Å². The molecule has 0 aliphatic carbocycles. The largest absolute Gasteiger partial charge is 0.465 e. The third-order valence-corrected chi connectivity index (χ3v) is 3.14. The number of ether oxygens (including phenoxy) is 1. The van der Waals surface area contributed by atoms with Crippen LogP contribution in [-0.4, -0.2) is 42.9 Å². The molecule has 6 nitrogen and oxygen atoms in total. The lowest BCUT2D eigenvalue weighted by molar-refractivity contribution is -0.129. The molecule has 22 heavy (non-hydrogen) atoms. The Morgan fingerprint density at radius 1 is 1.14 bits per heavy atom. The Hall–Kier alpha value is -2.37. The van der Waals surface area contributed by atoms with Crippen LogP contribution in [0.5, 0.6) is 0 Å². The molecule has 6 heteroatoms. The predicted octanol–water partition coefficient (Wildman–Crippen LogP) is 2.06. The highest BCUT2D eigenvalue weighted by Crippen LogP contribution is 2.11. The lowest BCUT2D eigenvalue weighted by atomic mass is 10.2. The van der Waals surface area contributed by atoms with Gasteiger partial charge in [0.1, 0.15) is 0 Å². The highest BCUT2D eigenvalue weighted by molar-refractivity contribution is 5.93. The van der Waals surface area contributed by atoms with Crippen LogP contribution in [0.4, 0.5) is 5.69 Å². The fourth-order valence-corrected chi connectivity index (χ4v) is 1.96. The van der Waals surface area contributed by atoms with E-state index in [1.807, 2.05) is 6.92 Å². The van der Waals surface area contributed by atoms with Crippen LogP contribution in [0.2, 0.25) is 0 Å². The number of rotatable bonds is 7. The summed E-state index contributed by atoms with van der Waals surface area (Å²) in [5.41, 5.74) is 1.02. The number of carbonyl (C=O) groups excluding carboxylic acids is 3. The first-order valence-corrected chi connectivity index (χ1v) is 7.21. The average Bonchev–Trinajstić information content (AvgIpc) is 2.51. The summed E-state index contributed by atoms with van der Waals surface area (Å²) in [6, 6.07) is 6.44. The van der Waals surface area contributed by atoms with E-state index in [1.54, 1.807) is 29.2 Å². The lowest BCUT2D eigenvalue weighted by Gasteiger charge is -2.19. The normalized spacial score (nSPS) is 9.95. The van der Waals surface area contributed by atoms with Gasteiger partial charge >= 0.3 is 5.97 Å². The number of nitrogens with one attached hydrogen (secondary N) is 1. The highest BCUT2D eigenvalue weighted by Gasteiger charge is 2.11. The minimum Gasteiger partial charge on any atom is -0.465 e. The molecule has 1 rings (SSSR count). The molecule has 0 unspecified atom stereocenters. The molecule has 0 bridgehead atoms. The third-order valence-electron chi connectivity index (χ3n) is 3.14. The van der Waals surface area contributed by atoms with Crippen molar-refractivity contribution in [2.24, 2.45) is 0 Å². The predicted molar refractivity (Wildman–Crippen MR) is 83.6 cm³/mol. The van der Waals surface area contributed by atoms with Crippen molar-refractivity contribution >= 4 is 23.5 Å². The van der Waals surface area contributed by atoms with E-state index in [1.165, 1.54) is 14.0 Å². The van der Waals surface area contributed by atoms with E-state index in [0.29, 0.717) is 24.3 Å². The van der Waals surface area contributed by atoms with Crippen LogP contribution in [-0.2, 0) is 14.3 Å². The molecular weight excluding hydrogens is 284 g/mol. The standard InChI is InChI=1S/C16H22N2O4/c1-4-10-18(12(2)19)11-9-15(20)17-14-7-5-13(6-8-14)16(21)22-3/h5-8H,4,9-11H2,1-3H3,(H,17,20). The first kappa shape index (κ1) is 17.7. The van der Waals surface area contributed by atoms with Crippen LogP contribution in [0.25, 0.3) is 0 Å². The number of hydrogen-bond donors (Lipinski definition) is 1. The molecule has 0 saturated heterocycles. The van der Waals surface area contributed by atoms with Gasteiger partial charge in [0.2, 0.25) is 11.8 Å². The van der Waals surface area contributed by atoms with Crippen molar-refractivity contribution in [3.05, 3.63) is 29.8 Å². The molecule has 1 N–H and O–H groups in total. The van der Waals surface area contributed by atoms with E-state index in [4.69, 9.17) is 0 Å². The minimum absolute atomic E-state index is 0.0305. The fraction of sp³-hybridized carbons (Fsp3) is 0.438. The Labute approximate surface area is 130 Å². The van der Waals surface area contributed by atoms with E-state index < -0.39 is 5.97 Å². The molecule has 0 aliphatic heterocycles. The lowest BCUT2D eigenvalue weighted by Crippen LogP contribution is -2.32. The van der Waals surface area contributed by atoms with Crippen molar-refractivity contribution in [1.82, 2.24) is 4.90 Å². The van der Waals surface area contributed by atoms with E-state index >= 15 is 0 Å². The zero-order valence-corrected chi connectivity index (χ0v) is 13.2. The zero-order valence-electron chi connectivity index (χ0n) is 13.2. The molecule has 2 amide bonds. The van der Waals surface area contributed by atoms with Crippen LogP contribution in [0.3, 0.4) is 0 Å². The van der Waals surface area contributed by atoms with Crippen LogP contribution in [0.1, 0.15) is 37.0 Å². The molecule has 120 valence electrons. The third kappa shape index (κ3) is 5.55. The first-order valence-electron chi connectivity index (χ1n) is 7.21. The maximum Gasteiger partial charge on any atom is 0.337 e. The molecular formula is C16H22N2O4. The first-order chi connectivity index (χ1) is 10.5. The number of amides is 2. The van der Waals surface area contributed by atoms with Gasteiger partial charge in [0.15, 0.2) is 0 Å². The van der Waals surface area contributed by atoms with Gasteiger partial charge in [-0.25, -0.2) is 4.79 Å². The number of nitrogens with zero attached hydrogens (tertiary/aromatic N) is 1. The monoisotopic (exact) mass is 306 g/mol. The van der Waals surface area contributed by atoms with Crippen molar-refractivity contribution < 1.29 is 19.1 Å². The quantitative estimate of drug-likeness (QED) is 0.782. The van der Waals surface area contributed by atoms with Crippen molar-refractivity contribution in [3.8, 4) is 0 Å². The van der Waals surface area contributed by atoms with Gasteiger partial charge in [0, 0.05) is 32.1 Å². The van der Waals surface area contributed by atoms with E-state index in [2.05, 4.69) is 10.1 Å². The number of methoxy groups -OCH3 is 1. The van der Waals surface area contributed by atoms with Gasteiger partial charge in [-0.05, 0) is 30.7 Å². The summed E-state index contributed by atoms with van der Waals surface area (Å²) in [5.74, 6) is -0.625. The molecule has 0 aliphatic rings. The van der Waals surface area contributed by atoms with E-state index in [0.717, 1.165) is 6.42 Å². The Bertz CT molecular complexity index is 525. The van der Waals surface area contributed by atoms with E-state index in [-0.39, 0.29) is 18.2 Å². The van der Waals surface area contributed by atoms with Crippen molar-refractivity contribution in [2.75, 3.05) is 25.5 Å². The van der Waals surface area contributed by atoms with Gasteiger partial charge in [-0.3, -0.25) is 9.59 Å². The van der Waals surface area contributed by atoms with Crippen molar-refractivity contribution in [2.45, 2.75) is 26.7 Å². The summed E-state index contributed by atoms with van der Waals surface area (Å²) < 4.78 is 4.60. The van der Waals surface area contributed by atoms with Gasteiger partial charge in [-0.2, -0.15) is 0 Å². The van der Waals surface area contributed by atoms with Crippen molar-refractivity contribution in [1.29, 1.82) is 0 Å². The minimum atomic E-state index is -0.422. The second-order valence-electron chi connectivity index (χ2n) is 4.87. The summed E-state index contributed by atoms with van der Waals surface area (Å²) in [6.45, 7) is 4.53. The van der Waals surface area contributed by atoms with Gasteiger partial charge < -0.3 is 15.0 Å². The molecule has 0 radical (unpaired) electrons. The van der Waals surface area contributed by atoms with Crippen LogP contribution >= 0.6 is 0 Å². The molecule has 0 saturated carbocycles. The molecule has 0 heterocycles. The highest BCUT2D eigenvalue weighted by atomic mass is 16.5. The summed E-state index contributed by atoms with van der Waals surface area (Å²) in [6.07, 6.45) is 1.09. The fourth-order valence-electron chi connectivity index (χ4n) is 1.96. The van der Waals surface area contributed by atoms with E-state index in [9.17, 15) is 14.4 Å². The number of carbonyl (C=O) groups is 3. The maximum absolute atomic E-state index is 11.9. The number of anilines is 1. The molecule has 1 aromatic carbocycles. The maximum atomic E-state index is 11.9. The van der Waals surface area contributed by atoms with Gasteiger partial charge in [0.25, 0.3) is 0 Å².